The Morgan fingerprint density at radius 2 is 2.08 bits per heavy atom. The number of rotatable bonds is 3. The third-order valence-electron chi connectivity index (χ3n) is 7.32. The van der Waals surface area contributed by atoms with Gasteiger partial charge in [-0.3, -0.25) is 4.79 Å². The van der Waals surface area contributed by atoms with Crippen molar-refractivity contribution in [2.45, 2.75) is 73.1 Å². The Bertz CT molecular complexity index is 571. The van der Waals surface area contributed by atoms with E-state index in [0.29, 0.717) is 24.4 Å². The predicted molar refractivity (Wildman–Crippen MR) is 98.5 cm³/mol. The molecule has 1 unspecified atom stereocenters. The fraction of sp³-hybridized carbons (Fsp3) is 0.773. The Morgan fingerprint density at radius 3 is 2.75 bits per heavy atom. The zero-order valence-corrected chi connectivity index (χ0v) is 16.2. The van der Waals surface area contributed by atoms with E-state index in [4.69, 9.17) is 4.74 Å². The minimum Gasteiger partial charge on any atom is -0.466 e. The largest absolute Gasteiger partial charge is 0.466 e. The van der Waals surface area contributed by atoms with E-state index < -0.39 is 0 Å². The van der Waals surface area contributed by atoms with Crippen LogP contribution in [0.5, 0.6) is 0 Å². The summed E-state index contributed by atoms with van der Waals surface area (Å²) in [6, 6.07) is 0. The van der Waals surface area contributed by atoms with Crippen LogP contribution in [0.2, 0.25) is 0 Å². The molecule has 0 saturated heterocycles. The van der Waals surface area contributed by atoms with Gasteiger partial charge in [0.15, 0.2) is 0 Å². The van der Waals surface area contributed by atoms with Crippen LogP contribution in [0.3, 0.4) is 0 Å². The highest BCUT2D eigenvalue weighted by molar-refractivity contribution is 5.77. The molecule has 0 N–H and O–H groups in total. The Hall–Kier alpha value is -1.05. The third kappa shape index (κ3) is 2.66. The van der Waals surface area contributed by atoms with E-state index in [-0.39, 0.29) is 16.8 Å². The van der Waals surface area contributed by atoms with Gasteiger partial charge in [-0.1, -0.05) is 44.9 Å². The first-order valence-corrected chi connectivity index (χ1v) is 9.90. The maximum Gasteiger partial charge on any atom is 0.312 e. The van der Waals surface area contributed by atoms with E-state index in [1.807, 2.05) is 6.92 Å². The Balaban J connectivity index is 1.96. The number of ether oxygens (including phenoxy) is 1. The average Bonchev–Trinajstić information content (AvgIpc) is 2.54. The Labute approximate surface area is 147 Å². The summed E-state index contributed by atoms with van der Waals surface area (Å²) >= 11 is 0. The predicted octanol–water partition coefficient (Wildman–Crippen LogP) is 5.68. The first-order chi connectivity index (χ1) is 11.3. The monoisotopic (exact) mass is 330 g/mol. The lowest BCUT2D eigenvalue weighted by Crippen LogP contribution is -2.53. The molecule has 2 heteroatoms. The van der Waals surface area contributed by atoms with E-state index in [0.717, 1.165) is 19.3 Å². The summed E-state index contributed by atoms with van der Waals surface area (Å²) in [6.45, 7) is 11.6. The molecule has 0 bridgehead atoms. The number of esters is 1. The smallest absolute Gasteiger partial charge is 0.312 e. The van der Waals surface area contributed by atoms with Gasteiger partial charge in [0, 0.05) is 0 Å². The maximum absolute atomic E-state index is 12.8. The molecular formula is C22H34O2. The maximum atomic E-state index is 12.8. The van der Waals surface area contributed by atoms with Crippen molar-refractivity contribution in [2.75, 3.05) is 6.61 Å². The quantitative estimate of drug-likeness (QED) is 0.622. The topological polar surface area (TPSA) is 26.3 Å². The van der Waals surface area contributed by atoms with Crippen LogP contribution in [-0.2, 0) is 9.53 Å². The fourth-order valence-electron chi connectivity index (χ4n) is 5.88. The van der Waals surface area contributed by atoms with Crippen LogP contribution >= 0.6 is 0 Å². The van der Waals surface area contributed by atoms with E-state index in [1.165, 1.54) is 19.3 Å². The minimum atomic E-state index is -0.312. The van der Waals surface area contributed by atoms with Gasteiger partial charge in [0.25, 0.3) is 0 Å². The molecule has 1 fully saturated rings. The number of carbonyl (C=O) groups is 1. The van der Waals surface area contributed by atoms with Gasteiger partial charge >= 0.3 is 5.97 Å². The van der Waals surface area contributed by atoms with Crippen LogP contribution in [-0.4, -0.2) is 12.6 Å². The summed E-state index contributed by atoms with van der Waals surface area (Å²) in [5, 5.41) is 0. The lowest BCUT2D eigenvalue weighted by molar-refractivity contribution is -0.168. The van der Waals surface area contributed by atoms with Gasteiger partial charge in [-0.05, 0) is 74.7 Å². The van der Waals surface area contributed by atoms with Gasteiger partial charge in [-0.25, -0.2) is 0 Å². The number of allylic oxidation sites excluding steroid dienone is 4. The zero-order chi connectivity index (χ0) is 17.5. The first-order valence-electron chi connectivity index (χ1n) is 9.90. The molecule has 0 radical (unpaired) electrons. The molecule has 0 aromatic carbocycles. The highest BCUT2D eigenvalue weighted by Gasteiger charge is 2.57. The van der Waals surface area contributed by atoms with Crippen molar-refractivity contribution < 1.29 is 9.53 Å². The van der Waals surface area contributed by atoms with E-state index >= 15 is 0 Å². The summed E-state index contributed by atoms with van der Waals surface area (Å²) in [5.41, 5.74) is 3.08. The average molecular weight is 331 g/mol. The first kappa shape index (κ1) is 17.8. The van der Waals surface area contributed by atoms with Crippen molar-refractivity contribution in [2.24, 2.45) is 28.6 Å². The lowest BCUT2D eigenvalue weighted by atomic mass is 9.47. The second kappa shape index (κ2) is 6.35. The van der Waals surface area contributed by atoms with Crippen molar-refractivity contribution in [3.63, 3.8) is 0 Å². The van der Waals surface area contributed by atoms with Gasteiger partial charge in [0.2, 0.25) is 0 Å². The molecule has 3 aliphatic carbocycles. The van der Waals surface area contributed by atoms with Gasteiger partial charge in [-0.2, -0.15) is 0 Å². The SMILES string of the molecule is CCOC(=O)[C@]1(C)CCC[C@@]2(C)C1CC=C1C=C(C(C)C)CC[C@@H]12. The number of hydrogen-bond donors (Lipinski definition) is 0. The van der Waals surface area contributed by atoms with Crippen LogP contribution in [0.15, 0.2) is 23.3 Å². The number of fused-ring (bicyclic) bond motifs is 3. The molecule has 4 atom stereocenters. The van der Waals surface area contributed by atoms with Crippen molar-refractivity contribution in [1.29, 1.82) is 0 Å². The summed E-state index contributed by atoms with van der Waals surface area (Å²) in [7, 11) is 0. The highest BCUT2D eigenvalue weighted by Crippen LogP contribution is 2.62. The van der Waals surface area contributed by atoms with E-state index in [1.54, 1.807) is 11.1 Å². The van der Waals surface area contributed by atoms with Crippen LogP contribution in [0.25, 0.3) is 0 Å². The molecule has 24 heavy (non-hydrogen) atoms. The van der Waals surface area contributed by atoms with Crippen molar-refractivity contribution in [1.82, 2.24) is 0 Å². The molecule has 134 valence electrons. The summed E-state index contributed by atoms with van der Waals surface area (Å²) in [6.07, 6.45) is 11.8. The van der Waals surface area contributed by atoms with Gasteiger partial charge in [-0.15, -0.1) is 0 Å². The van der Waals surface area contributed by atoms with Crippen molar-refractivity contribution in [3.8, 4) is 0 Å². The number of hydrogen-bond acceptors (Lipinski definition) is 2. The minimum absolute atomic E-state index is 0.0343. The molecule has 0 aromatic heterocycles. The Morgan fingerprint density at radius 1 is 1.33 bits per heavy atom. The lowest BCUT2D eigenvalue weighted by Gasteiger charge is -2.57. The molecular weight excluding hydrogens is 296 g/mol. The Kier molecular flexibility index (Phi) is 4.70. The van der Waals surface area contributed by atoms with Crippen LogP contribution < -0.4 is 0 Å². The standard InChI is InChI=1S/C22H34O2/c1-6-24-20(23)22(5)13-7-12-21(4)18-10-8-16(15(2)3)14-17(18)9-11-19(21)22/h9,14-15,18-19H,6-8,10-13H2,1-5H3/t18-,19?,21+,22+/m0/s1. The normalized spacial score (nSPS) is 38.8. The second-order valence-corrected chi connectivity index (χ2v) is 8.95. The van der Waals surface area contributed by atoms with E-state index in [9.17, 15) is 4.79 Å². The zero-order valence-electron chi connectivity index (χ0n) is 16.2. The van der Waals surface area contributed by atoms with Gasteiger partial charge < -0.3 is 4.74 Å². The molecule has 0 spiro atoms. The summed E-state index contributed by atoms with van der Waals surface area (Å²) in [4.78, 5) is 12.8. The van der Waals surface area contributed by atoms with E-state index in [2.05, 4.69) is 39.8 Å². The van der Waals surface area contributed by atoms with Crippen LogP contribution in [0.4, 0.5) is 0 Å². The number of carbonyl (C=O) groups excluding carboxylic acids is 1. The third-order valence-corrected chi connectivity index (χ3v) is 7.32. The molecule has 0 aliphatic heterocycles. The van der Waals surface area contributed by atoms with Gasteiger partial charge in [0.05, 0.1) is 12.0 Å². The van der Waals surface area contributed by atoms with Gasteiger partial charge in [0.1, 0.15) is 0 Å². The summed E-state index contributed by atoms with van der Waals surface area (Å²) in [5.74, 6) is 1.72. The summed E-state index contributed by atoms with van der Waals surface area (Å²) < 4.78 is 5.49. The van der Waals surface area contributed by atoms with Crippen LogP contribution in [0, 0.1) is 28.6 Å². The molecule has 0 amide bonds. The van der Waals surface area contributed by atoms with Crippen molar-refractivity contribution >= 4 is 5.97 Å². The fourth-order valence-corrected chi connectivity index (χ4v) is 5.88. The highest BCUT2D eigenvalue weighted by atomic mass is 16.5. The van der Waals surface area contributed by atoms with Crippen molar-refractivity contribution in [3.05, 3.63) is 23.3 Å². The molecule has 0 heterocycles. The molecule has 1 saturated carbocycles. The molecule has 2 nitrogen and oxygen atoms in total. The molecule has 3 aliphatic rings. The van der Waals surface area contributed by atoms with Crippen LogP contribution in [0.1, 0.15) is 73.1 Å². The second-order valence-electron chi connectivity index (χ2n) is 8.95. The molecule has 0 aromatic rings. The molecule has 3 rings (SSSR count).